The van der Waals surface area contributed by atoms with Crippen LogP contribution < -0.4 is 0 Å². The van der Waals surface area contributed by atoms with Gasteiger partial charge < -0.3 is 118 Å². The van der Waals surface area contributed by atoms with E-state index in [9.17, 15) is 70.2 Å². The summed E-state index contributed by atoms with van der Waals surface area (Å²) >= 11 is 0. The van der Waals surface area contributed by atoms with Gasteiger partial charge in [0.25, 0.3) is 0 Å². The second-order valence-electron chi connectivity index (χ2n) is 32.9. The molecule has 0 radical (unpaired) electrons. The number of cyclic esters (lactones) is 2. The summed E-state index contributed by atoms with van der Waals surface area (Å²) in [7, 11) is 10.4. The van der Waals surface area contributed by atoms with Crippen molar-refractivity contribution in [3.05, 3.63) is 0 Å². The van der Waals surface area contributed by atoms with Crippen LogP contribution in [0.25, 0.3) is 0 Å². The number of nitrogens with zero attached hydrogens (tertiary/aromatic N) is 2. The lowest BCUT2D eigenvalue weighted by Gasteiger charge is -2.49. The van der Waals surface area contributed by atoms with Gasteiger partial charge in [-0.25, -0.2) is 0 Å². The van der Waals surface area contributed by atoms with E-state index >= 15 is 0 Å². The summed E-state index contributed by atoms with van der Waals surface area (Å²) in [5.41, 5.74) is -9.68. The smallest absolute Gasteiger partial charge is 0.311 e. The van der Waals surface area contributed by atoms with Crippen molar-refractivity contribution >= 4 is 23.5 Å². The van der Waals surface area contributed by atoms with E-state index in [-0.39, 0.29) is 62.8 Å². The molecule has 0 bridgehead atoms. The van der Waals surface area contributed by atoms with Crippen LogP contribution in [-0.2, 0) is 76.0 Å². The first kappa shape index (κ1) is 90.0. The van der Waals surface area contributed by atoms with Gasteiger partial charge in [-0.1, -0.05) is 55.4 Å². The molecule has 6 rings (SSSR count). The van der Waals surface area contributed by atoms with Crippen LogP contribution >= 0.6 is 0 Å². The number of aliphatic hydroxyl groups excluding tert-OH is 6. The molecule has 10 N–H and O–H groups in total. The molecule has 0 saturated carbocycles. The van der Waals surface area contributed by atoms with Crippen molar-refractivity contribution < 1.29 is 127 Å². The number of hydrogen-bond acceptors (Lipinski definition) is 28. The normalized spacial score (nSPS) is 49.7. The molecule has 0 spiro atoms. The molecule has 6 heterocycles. The van der Waals surface area contributed by atoms with Crippen LogP contribution in [0.15, 0.2) is 0 Å². The summed E-state index contributed by atoms with van der Waals surface area (Å²) in [6, 6.07) is -0.648. The van der Waals surface area contributed by atoms with Gasteiger partial charge in [-0.15, -0.1) is 0 Å². The Kier molecular flexibility index (Phi) is 31.6. The van der Waals surface area contributed by atoms with Crippen molar-refractivity contribution in [3.63, 3.8) is 0 Å². The molecule has 6 saturated heterocycles. The van der Waals surface area contributed by atoms with Gasteiger partial charge in [0.1, 0.15) is 59.4 Å². The summed E-state index contributed by atoms with van der Waals surface area (Å²) in [5, 5.41) is 115. The summed E-state index contributed by atoms with van der Waals surface area (Å²) in [4.78, 5) is 59.5. The zero-order chi connectivity index (χ0) is 77.9. The van der Waals surface area contributed by atoms with Crippen molar-refractivity contribution in [2.45, 2.75) is 358 Å². The van der Waals surface area contributed by atoms with Gasteiger partial charge in [-0.3, -0.25) is 19.2 Å². The number of methoxy groups -OCH3 is 2. The number of carbonyl (C=O) groups excluding carboxylic acids is 4. The predicted octanol–water partition coefficient (Wildman–Crippen LogP) is 3.57. The fourth-order valence-corrected chi connectivity index (χ4v) is 16.8. The first-order valence-corrected chi connectivity index (χ1v) is 37.0. The third-order valence-corrected chi connectivity index (χ3v) is 23.6. The Morgan fingerprint density at radius 1 is 0.441 bits per heavy atom. The van der Waals surface area contributed by atoms with Gasteiger partial charge >= 0.3 is 11.9 Å². The van der Waals surface area contributed by atoms with E-state index in [0.29, 0.717) is 12.8 Å². The van der Waals surface area contributed by atoms with E-state index in [2.05, 4.69) is 0 Å². The van der Waals surface area contributed by atoms with Gasteiger partial charge in [0.15, 0.2) is 25.2 Å². The summed E-state index contributed by atoms with van der Waals surface area (Å²) in [5.74, 6) is -9.95. The molecule has 36 atom stereocenters. The molecule has 0 amide bonds. The van der Waals surface area contributed by atoms with Crippen LogP contribution in [0.5, 0.6) is 0 Å². The zero-order valence-electron chi connectivity index (χ0n) is 65.9. The van der Waals surface area contributed by atoms with Gasteiger partial charge in [-0.05, 0) is 150 Å². The van der Waals surface area contributed by atoms with Crippen LogP contribution in [0.3, 0.4) is 0 Å². The minimum atomic E-state index is -1.99. The highest BCUT2D eigenvalue weighted by Crippen LogP contribution is 2.44. The zero-order valence-corrected chi connectivity index (χ0v) is 65.9. The number of Topliss-reactive ketones (excluding diaryl/α,β-unsaturated/α-hetero) is 2. The number of rotatable bonds is 14. The summed E-state index contributed by atoms with van der Waals surface area (Å²) < 4.78 is 74.1. The first-order valence-electron chi connectivity index (χ1n) is 37.0. The molecule has 0 unspecified atom stereocenters. The number of carbonyl (C=O) groups is 4. The van der Waals surface area contributed by atoms with Crippen molar-refractivity contribution in [1.82, 2.24) is 9.80 Å². The second kappa shape index (κ2) is 35.8. The molecule has 102 heavy (non-hydrogen) atoms. The Morgan fingerprint density at radius 2 is 0.745 bits per heavy atom. The van der Waals surface area contributed by atoms with E-state index < -0.39 is 215 Å². The number of likely N-dealkylation sites (N-methyl/N-ethyl adjacent to an activating group) is 2. The first-order chi connectivity index (χ1) is 46.9. The van der Waals surface area contributed by atoms with Crippen molar-refractivity contribution in [2.24, 2.45) is 47.3 Å². The van der Waals surface area contributed by atoms with Gasteiger partial charge in [0, 0.05) is 74.7 Å². The van der Waals surface area contributed by atoms with Crippen molar-refractivity contribution in [2.75, 3.05) is 42.4 Å². The Morgan fingerprint density at radius 3 is 1.02 bits per heavy atom. The molecular formula is C74H134N2O26. The largest absolute Gasteiger partial charge is 0.459 e. The summed E-state index contributed by atoms with van der Waals surface area (Å²) in [6.07, 6.45) is -19.4. The monoisotopic (exact) mass is 1470 g/mol. The fourth-order valence-electron chi connectivity index (χ4n) is 16.8. The Labute approximate surface area is 606 Å². The van der Waals surface area contributed by atoms with E-state index in [1.807, 2.05) is 51.8 Å². The molecule has 0 aromatic rings. The van der Waals surface area contributed by atoms with Crippen molar-refractivity contribution in [1.29, 1.82) is 0 Å². The highest BCUT2D eigenvalue weighted by Gasteiger charge is 2.57. The Bertz CT molecular complexity index is 2510. The van der Waals surface area contributed by atoms with Gasteiger partial charge in [-0.2, -0.15) is 0 Å². The fraction of sp³-hybridized carbons (Fsp3) is 0.946. The topological polar surface area (TPSA) is 388 Å². The highest BCUT2D eigenvalue weighted by atomic mass is 16.7. The average Bonchev–Trinajstić information content (AvgIpc) is 0.778. The number of ketones is 2. The van der Waals surface area contributed by atoms with Gasteiger partial charge in [0.2, 0.25) is 0 Å². The Balaban J connectivity index is 0.000000367. The maximum Gasteiger partial charge on any atom is 0.311 e. The lowest BCUT2D eigenvalue weighted by Crippen LogP contribution is -2.61. The molecule has 6 aliphatic heterocycles. The van der Waals surface area contributed by atoms with Crippen molar-refractivity contribution in [3.8, 4) is 0 Å². The quantitative estimate of drug-likeness (QED) is 0.111. The number of esters is 2. The van der Waals surface area contributed by atoms with Crippen LogP contribution in [0.1, 0.15) is 190 Å². The number of ether oxygens (including phenoxy) is 12. The third-order valence-electron chi connectivity index (χ3n) is 23.6. The number of hydrogen-bond donors (Lipinski definition) is 10. The maximum atomic E-state index is 14.1. The average molecular weight is 1470 g/mol. The van der Waals surface area contributed by atoms with E-state index in [1.54, 1.807) is 83.1 Å². The van der Waals surface area contributed by atoms with E-state index in [4.69, 9.17) is 56.8 Å². The lowest BCUT2D eigenvalue weighted by molar-refractivity contribution is -0.318. The minimum absolute atomic E-state index is 0.0936. The number of aliphatic hydroxyl groups is 10. The van der Waals surface area contributed by atoms with E-state index in [1.165, 1.54) is 55.8 Å². The maximum absolute atomic E-state index is 14.1. The van der Waals surface area contributed by atoms with Crippen LogP contribution in [0, 0.1) is 47.3 Å². The molecule has 596 valence electrons. The highest BCUT2D eigenvalue weighted by molar-refractivity contribution is 5.84. The standard InChI is InChI=1S/2C37H67NO13/c2*1-14-25-37(10,45)30(41)20(4)27(39)18(2)16-35(8,44)32(51-34-28(40)24(38(11)12)15-19(3)47-34)21(5)29(22(6)33(43)49-25)50-26-17-36(9,46-13)31(42)23(7)48-26/h2*18-26,28-32,34,40-42,44-45H,14-17H2,1-13H3/t2*18-,19-,20+,21+,22-,23+,24+,25-,26+,28-,29+,30-,31+,32-,34+,35-,36-,37-/m11/s1. The lowest BCUT2D eigenvalue weighted by atomic mass is 9.74. The third kappa shape index (κ3) is 20.3. The SMILES string of the molecule is CC[C@H]1OC(=O)[C@H](C)[C@@H](O[C@H]2C[C@@](C)(OC)[C@@H](O)[C@H](C)O2)[C@H](C)[C@@H](O[C@@H]2O[C@H](C)C[C@H](N(C)C)[C@H]2O)[C@](C)(O)C[C@@H](C)C(=O)[C@H](C)[C@@H](O)[C@]1(C)O.CC[C@H]1OC(=O)[C@H](C)[C@@H](O[C@H]2C[C@@](C)(OC)[C@@H](O)[C@H](C)O2)[C@H](C)[C@@H](O[C@@H]2O[C@H](C)C[C@H](N(C)C)[C@H]2O)[C@](C)(O)C[C@@H](C)C(=O)[C@H](C)[C@@H](O)[C@]1(C)O. The minimum Gasteiger partial charge on any atom is -0.459 e. The van der Waals surface area contributed by atoms with E-state index in [0.717, 1.165) is 0 Å². The molecule has 6 fully saturated rings. The van der Waals surface area contributed by atoms with Crippen LogP contribution in [0.4, 0.5) is 0 Å². The predicted molar refractivity (Wildman–Crippen MR) is 373 cm³/mol. The molecule has 28 heteroatoms. The molecule has 28 nitrogen and oxygen atoms in total. The van der Waals surface area contributed by atoms with Gasteiger partial charge in [0.05, 0.1) is 95.3 Å². The summed E-state index contributed by atoms with van der Waals surface area (Å²) in [6.45, 7) is 32.7. The molecule has 6 aliphatic rings. The molecular weight excluding hydrogens is 1330 g/mol. The Hall–Kier alpha value is -2.60. The molecule has 0 aromatic heterocycles. The molecule has 0 aromatic carbocycles. The van der Waals surface area contributed by atoms with Crippen LogP contribution in [0.2, 0.25) is 0 Å². The van der Waals surface area contributed by atoms with Crippen LogP contribution in [-0.4, -0.2) is 295 Å². The second-order valence-corrected chi connectivity index (χ2v) is 32.9. The molecule has 0 aliphatic carbocycles.